The van der Waals surface area contributed by atoms with Gasteiger partial charge in [0, 0.05) is 22.6 Å². The molecule has 2 saturated heterocycles. The molecule has 2 aromatic rings. The summed E-state index contributed by atoms with van der Waals surface area (Å²) in [5, 5.41) is 2.72. The zero-order valence-corrected chi connectivity index (χ0v) is 13.7. The minimum Gasteiger partial charge on any atom is -0.273 e. The molecule has 108 valence electrons. The molecule has 6 heteroatoms. The first-order chi connectivity index (χ1) is 10.3. The van der Waals surface area contributed by atoms with Gasteiger partial charge in [0.05, 0.1) is 6.04 Å². The maximum Gasteiger partial charge on any atom is 0.247 e. The Morgan fingerprint density at radius 2 is 2.10 bits per heavy atom. The lowest BCUT2D eigenvalue weighted by Crippen LogP contribution is -2.32. The standard InChI is InChI=1S/C15H14BrN3OS/c16-11-5-3-10(4-6-11)13-18-8-1-2-12(18)14(20)19(13)15-17-7-9-21-15/h3-7,9,12-13H,1-2,8H2. The van der Waals surface area contributed by atoms with E-state index in [-0.39, 0.29) is 18.1 Å². The highest BCUT2D eigenvalue weighted by molar-refractivity contribution is 9.10. The molecular weight excluding hydrogens is 350 g/mol. The van der Waals surface area contributed by atoms with Crippen LogP contribution in [0, 0.1) is 0 Å². The lowest BCUT2D eigenvalue weighted by Gasteiger charge is -2.28. The van der Waals surface area contributed by atoms with Crippen molar-refractivity contribution in [3.05, 3.63) is 45.9 Å². The minimum absolute atomic E-state index is 0.0162. The maximum absolute atomic E-state index is 12.8. The van der Waals surface area contributed by atoms with E-state index in [2.05, 4.69) is 37.9 Å². The minimum atomic E-state index is -0.0238. The molecule has 1 aromatic heterocycles. The van der Waals surface area contributed by atoms with Crippen LogP contribution in [-0.2, 0) is 4.79 Å². The molecule has 0 spiro atoms. The molecule has 4 rings (SSSR count). The van der Waals surface area contributed by atoms with Crippen molar-refractivity contribution in [3.8, 4) is 0 Å². The Bertz CT molecular complexity index is 658. The number of benzene rings is 1. The number of fused-ring (bicyclic) bond motifs is 1. The van der Waals surface area contributed by atoms with Crippen LogP contribution in [0.25, 0.3) is 0 Å². The molecule has 3 heterocycles. The van der Waals surface area contributed by atoms with Gasteiger partial charge in [-0.2, -0.15) is 0 Å². The van der Waals surface area contributed by atoms with Crippen molar-refractivity contribution >= 4 is 38.3 Å². The largest absolute Gasteiger partial charge is 0.273 e. The average molecular weight is 364 g/mol. The van der Waals surface area contributed by atoms with E-state index in [0.717, 1.165) is 34.6 Å². The van der Waals surface area contributed by atoms with E-state index in [1.807, 2.05) is 22.4 Å². The first-order valence-corrected chi connectivity index (χ1v) is 8.67. The Hall–Kier alpha value is -1.24. The summed E-state index contributed by atoms with van der Waals surface area (Å²) in [4.78, 5) is 21.3. The smallest absolute Gasteiger partial charge is 0.247 e. The molecule has 0 aliphatic carbocycles. The van der Waals surface area contributed by atoms with Crippen LogP contribution >= 0.6 is 27.3 Å². The summed E-state index contributed by atoms with van der Waals surface area (Å²) in [6.45, 7) is 0.971. The van der Waals surface area contributed by atoms with Crippen molar-refractivity contribution in [2.45, 2.75) is 25.0 Å². The van der Waals surface area contributed by atoms with E-state index in [1.54, 1.807) is 6.20 Å². The molecule has 1 amide bonds. The van der Waals surface area contributed by atoms with Crippen molar-refractivity contribution in [2.24, 2.45) is 0 Å². The lowest BCUT2D eigenvalue weighted by molar-refractivity contribution is -0.119. The SMILES string of the molecule is O=C1C2CCCN2C(c2ccc(Br)cc2)N1c1nccs1. The highest BCUT2D eigenvalue weighted by atomic mass is 79.9. The molecule has 4 nitrogen and oxygen atoms in total. The van der Waals surface area contributed by atoms with Gasteiger partial charge in [-0.05, 0) is 30.5 Å². The van der Waals surface area contributed by atoms with Gasteiger partial charge in [-0.1, -0.05) is 28.1 Å². The van der Waals surface area contributed by atoms with Gasteiger partial charge in [0.15, 0.2) is 5.13 Å². The van der Waals surface area contributed by atoms with Crippen LogP contribution in [0.1, 0.15) is 24.6 Å². The predicted octanol–water partition coefficient (Wildman–Crippen LogP) is 3.42. The normalized spacial score (nSPS) is 25.6. The van der Waals surface area contributed by atoms with Crippen LogP contribution in [0.3, 0.4) is 0 Å². The Morgan fingerprint density at radius 3 is 2.81 bits per heavy atom. The van der Waals surface area contributed by atoms with Crippen molar-refractivity contribution in [1.82, 2.24) is 9.88 Å². The third-order valence-electron chi connectivity index (χ3n) is 4.17. The average Bonchev–Trinajstić information content (AvgIpc) is 3.19. The fourth-order valence-electron chi connectivity index (χ4n) is 3.29. The van der Waals surface area contributed by atoms with E-state index in [9.17, 15) is 4.79 Å². The molecule has 1 aromatic carbocycles. The Balaban J connectivity index is 1.80. The van der Waals surface area contributed by atoms with Crippen LogP contribution in [0.15, 0.2) is 40.3 Å². The zero-order valence-electron chi connectivity index (χ0n) is 11.3. The molecular formula is C15H14BrN3OS. The molecule has 0 N–H and O–H groups in total. The predicted molar refractivity (Wildman–Crippen MR) is 86.2 cm³/mol. The number of hydrogen-bond donors (Lipinski definition) is 0. The molecule has 21 heavy (non-hydrogen) atoms. The number of anilines is 1. The fourth-order valence-corrected chi connectivity index (χ4v) is 4.22. The van der Waals surface area contributed by atoms with Crippen LogP contribution in [0.2, 0.25) is 0 Å². The Labute approximate surface area is 135 Å². The second-order valence-electron chi connectivity index (χ2n) is 5.34. The van der Waals surface area contributed by atoms with E-state index in [0.29, 0.717) is 0 Å². The van der Waals surface area contributed by atoms with Crippen LogP contribution in [0.4, 0.5) is 5.13 Å². The quantitative estimate of drug-likeness (QED) is 0.820. The summed E-state index contributed by atoms with van der Waals surface area (Å²) < 4.78 is 1.05. The molecule has 0 bridgehead atoms. The number of carbonyl (C=O) groups is 1. The van der Waals surface area contributed by atoms with Crippen molar-refractivity contribution in [1.29, 1.82) is 0 Å². The summed E-state index contributed by atoms with van der Waals surface area (Å²) in [6, 6.07) is 8.25. The number of hydrogen-bond acceptors (Lipinski definition) is 4. The third kappa shape index (κ3) is 2.13. The number of rotatable bonds is 2. The summed E-state index contributed by atoms with van der Waals surface area (Å²) in [5.41, 5.74) is 1.14. The van der Waals surface area contributed by atoms with Crippen LogP contribution in [0.5, 0.6) is 0 Å². The molecule has 2 fully saturated rings. The second kappa shape index (κ2) is 5.19. The van der Waals surface area contributed by atoms with Gasteiger partial charge in [0.1, 0.15) is 6.17 Å². The first-order valence-electron chi connectivity index (χ1n) is 6.99. The van der Waals surface area contributed by atoms with E-state index in [4.69, 9.17) is 0 Å². The Morgan fingerprint density at radius 1 is 1.29 bits per heavy atom. The topological polar surface area (TPSA) is 36.4 Å². The van der Waals surface area contributed by atoms with Gasteiger partial charge in [-0.15, -0.1) is 11.3 Å². The van der Waals surface area contributed by atoms with Crippen molar-refractivity contribution < 1.29 is 4.79 Å². The van der Waals surface area contributed by atoms with Gasteiger partial charge >= 0.3 is 0 Å². The molecule has 2 aliphatic heterocycles. The lowest BCUT2D eigenvalue weighted by atomic mass is 10.1. The van der Waals surface area contributed by atoms with Crippen LogP contribution < -0.4 is 4.90 Å². The first kappa shape index (κ1) is 13.4. The second-order valence-corrected chi connectivity index (χ2v) is 7.13. The summed E-state index contributed by atoms with van der Waals surface area (Å²) >= 11 is 4.99. The summed E-state index contributed by atoms with van der Waals surface area (Å²) in [6.07, 6.45) is 3.78. The van der Waals surface area contributed by atoms with E-state index >= 15 is 0 Å². The molecule has 2 atom stereocenters. The summed E-state index contributed by atoms with van der Waals surface area (Å²) in [5.74, 6) is 0.190. The molecule has 2 aliphatic rings. The zero-order chi connectivity index (χ0) is 14.4. The molecule has 0 radical (unpaired) electrons. The number of nitrogens with zero attached hydrogens (tertiary/aromatic N) is 3. The van der Waals surface area contributed by atoms with Crippen LogP contribution in [-0.4, -0.2) is 28.4 Å². The van der Waals surface area contributed by atoms with Gasteiger partial charge in [-0.3, -0.25) is 14.6 Å². The number of carbonyl (C=O) groups excluding carboxylic acids is 1. The van der Waals surface area contributed by atoms with Gasteiger partial charge in [0.2, 0.25) is 5.91 Å². The van der Waals surface area contributed by atoms with Gasteiger partial charge in [-0.25, -0.2) is 4.98 Å². The number of amides is 1. The maximum atomic E-state index is 12.8. The highest BCUT2D eigenvalue weighted by Gasteiger charge is 2.50. The highest BCUT2D eigenvalue weighted by Crippen LogP contribution is 2.42. The van der Waals surface area contributed by atoms with Crippen molar-refractivity contribution in [2.75, 3.05) is 11.4 Å². The van der Waals surface area contributed by atoms with Crippen molar-refractivity contribution in [3.63, 3.8) is 0 Å². The number of aromatic nitrogens is 1. The van der Waals surface area contributed by atoms with E-state index < -0.39 is 0 Å². The molecule has 2 unspecified atom stereocenters. The number of thiazole rings is 1. The monoisotopic (exact) mass is 363 g/mol. The van der Waals surface area contributed by atoms with Gasteiger partial charge in [0.25, 0.3) is 0 Å². The summed E-state index contributed by atoms with van der Waals surface area (Å²) in [7, 11) is 0. The molecule has 0 saturated carbocycles. The van der Waals surface area contributed by atoms with Gasteiger partial charge < -0.3 is 0 Å². The number of halogens is 1. The van der Waals surface area contributed by atoms with E-state index in [1.165, 1.54) is 11.3 Å². The fraction of sp³-hybridized carbons (Fsp3) is 0.333. The Kier molecular flexibility index (Phi) is 3.32. The third-order valence-corrected chi connectivity index (χ3v) is 5.47.